The van der Waals surface area contributed by atoms with E-state index in [1.54, 1.807) is 18.9 Å². The predicted molar refractivity (Wildman–Crippen MR) is 82.8 cm³/mol. The number of benzene rings is 1. The number of hydrogen-bond acceptors (Lipinski definition) is 2. The van der Waals surface area contributed by atoms with Crippen LogP contribution >= 0.6 is 12.4 Å². The quantitative estimate of drug-likeness (QED) is 0.896. The summed E-state index contributed by atoms with van der Waals surface area (Å²) in [5, 5.41) is 0. The Kier molecular flexibility index (Phi) is 7.90. The third-order valence-corrected chi connectivity index (χ3v) is 3.59. The van der Waals surface area contributed by atoms with Crippen LogP contribution in [0.15, 0.2) is 24.3 Å². The first-order valence-electron chi connectivity index (χ1n) is 6.79. The molecule has 0 fully saturated rings. The van der Waals surface area contributed by atoms with E-state index >= 15 is 0 Å². The maximum atomic E-state index is 12.5. The van der Waals surface area contributed by atoms with Crippen LogP contribution in [0.4, 0.5) is 13.2 Å². The lowest BCUT2D eigenvalue weighted by molar-refractivity contribution is -0.138. The van der Waals surface area contributed by atoms with Crippen LogP contribution in [0.5, 0.6) is 0 Å². The number of nitrogens with zero attached hydrogens (tertiary/aromatic N) is 1. The normalized spacial score (nSPS) is 14.0. The van der Waals surface area contributed by atoms with Gasteiger partial charge in [-0.25, -0.2) is 0 Å². The molecule has 0 saturated carbocycles. The molecule has 22 heavy (non-hydrogen) atoms. The van der Waals surface area contributed by atoms with Crippen molar-refractivity contribution in [3.05, 3.63) is 35.4 Å². The average Bonchev–Trinajstić information content (AvgIpc) is 2.44. The molecule has 126 valence electrons. The number of amides is 1. The van der Waals surface area contributed by atoms with E-state index in [2.05, 4.69) is 0 Å². The largest absolute Gasteiger partial charge is 0.416 e. The minimum Gasteiger partial charge on any atom is -0.342 e. The highest BCUT2D eigenvalue weighted by Crippen LogP contribution is 2.29. The highest BCUT2D eigenvalue weighted by atomic mass is 35.5. The molecule has 0 aliphatic heterocycles. The zero-order valence-electron chi connectivity index (χ0n) is 12.9. The standard InChI is InChI=1S/C15H21F3N2O.ClH/c1-10(14(21)20(3)11(2)9-19)8-12-4-6-13(7-5-12)15(16,17)18;/h4-7,10-11H,8-9,19H2,1-3H3;1H. The monoisotopic (exact) mass is 338 g/mol. The van der Waals surface area contributed by atoms with Gasteiger partial charge < -0.3 is 10.6 Å². The van der Waals surface area contributed by atoms with Crippen molar-refractivity contribution in [3.63, 3.8) is 0 Å². The molecule has 0 saturated heterocycles. The van der Waals surface area contributed by atoms with Gasteiger partial charge >= 0.3 is 6.18 Å². The second-order valence-corrected chi connectivity index (χ2v) is 5.33. The summed E-state index contributed by atoms with van der Waals surface area (Å²) in [4.78, 5) is 13.7. The third kappa shape index (κ3) is 5.50. The molecule has 0 heterocycles. The van der Waals surface area contributed by atoms with Gasteiger partial charge in [0.2, 0.25) is 5.91 Å². The predicted octanol–water partition coefficient (Wildman–Crippen LogP) is 3.11. The number of nitrogens with two attached hydrogens (primary N) is 1. The van der Waals surface area contributed by atoms with Gasteiger partial charge in [0.05, 0.1) is 5.56 Å². The number of likely N-dealkylation sites (N-methyl/N-ethyl adjacent to an activating group) is 1. The highest BCUT2D eigenvalue weighted by molar-refractivity contribution is 5.85. The van der Waals surface area contributed by atoms with E-state index in [0.717, 1.165) is 12.1 Å². The number of hydrogen-bond donors (Lipinski definition) is 1. The van der Waals surface area contributed by atoms with Crippen LogP contribution in [0, 0.1) is 5.92 Å². The fourth-order valence-corrected chi connectivity index (χ4v) is 1.99. The van der Waals surface area contributed by atoms with Gasteiger partial charge in [-0.3, -0.25) is 4.79 Å². The molecular formula is C15H22ClF3N2O. The molecule has 2 atom stereocenters. The van der Waals surface area contributed by atoms with Crippen molar-refractivity contribution in [3.8, 4) is 0 Å². The second kappa shape index (κ2) is 8.39. The average molecular weight is 339 g/mol. The van der Waals surface area contributed by atoms with Gasteiger partial charge in [0, 0.05) is 25.6 Å². The van der Waals surface area contributed by atoms with Crippen LogP contribution in [0.25, 0.3) is 0 Å². The Morgan fingerprint density at radius 3 is 2.14 bits per heavy atom. The van der Waals surface area contributed by atoms with Gasteiger partial charge in [-0.2, -0.15) is 13.2 Å². The number of rotatable bonds is 5. The van der Waals surface area contributed by atoms with Crippen LogP contribution in [0.1, 0.15) is 25.0 Å². The molecule has 2 N–H and O–H groups in total. The summed E-state index contributed by atoms with van der Waals surface area (Å²) in [7, 11) is 1.68. The topological polar surface area (TPSA) is 46.3 Å². The Morgan fingerprint density at radius 1 is 1.23 bits per heavy atom. The molecule has 1 amide bonds. The molecule has 0 aromatic heterocycles. The van der Waals surface area contributed by atoms with Crippen LogP contribution in [0.3, 0.4) is 0 Å². The second-order valence-electron chi connectivity index (χ2n) is 5.33. The minimum absolute atomic E-state index is 0. The van der Waals surface area contributed by atoms with Crippen molar-refractivity contribution in [1.82, 2.24) is 4.90 Å². The molecule has 0 spiro atoms. The molecule has 0 aliphatic rings. The van der Waals surface area contributed by atoms with Gasteiger partial charge in [-0.1, -0.05) is 19.1 Å². The number of carbonyl (C=O) groups is 1. The Balaban J connectivity index is 0.00000441. The number of carbonyl (C=O) groups excluding carboxylic acids is 1. The Morgan fingerprint density at radius 2 is 1.73 bits per heavy atom. The van der Waals surface area contributed by atoms with Crippen LogP contribution in [-0.4, -0.2) is 30.4 Å². The van der Waals surface area contributed by atoms with E-state index in [4.69, 9.17) is 5.73 Å². The van der Waals surface area contributed by atoms with Gasteiger partial charge in [0.15, 0.2) is 0 Å². The van der Waals surface area contributed by atoms with E-state index in [9.17, 15) is 18.0 Å². The van der Waals surface area contributed by atoms with Crippen LogP contribution < -0.4 is 5.73 Å². The lowest BCUT2D eigenvalue weighted by atomic mass is 9.98. The third-order valence-electron chi connectivity index (χ3n) is 3.59. The van der Waals surface area contributed by atoms with Crippen LogP contribution in [-0.2, 0) is 17.4 Å². The Hall–Kier alpha value is -1.27. The Bertz CT molecular complexity index is 477. The first kappa shape index (κ1) is 20.7. The molecule has 1 aromatic rings. The fraction of sp³-hybridized carbons (Fsp3) is 0.533. The summed E-state index contributed by atoms with van der Waals surface area (Å²) >= 11 is 0. The molecule has 1 rings (SSSR count). The summed E-state index contributed by atoms with van der Waals surface area (Å²) in [6.07, 6.45) is -3.94. The van der Waals surface area contributed by atoms with E-state index in [1.165, 1.54) is 12.1 Å². The van der Waals surface area contributed by atoms with Gasteiger partial charge in [0.1, 0.15) is 0 Å². The van der Waals surface area contributed by atoms with Gasteiger partial charge in [-0.15, -0.1) is 12.4 Å². The first-order chi connectivity index (χ1) is 9.66. The molecule has 0 bridgehead atoms. The summed E-state index contributed by atoms with van der Waals surface area (Å²) in [6.45, 7) is 3.98. The van der Waals surface area contributed by atoms with Crippen molar-refractivity contribution in [1.29, 1.82) is 0 Å². The molecule has 1 aromatic carbocycles. The maximum Gasteiger partial charge on any atom is 0.416 e. The maximum absolute atomic E-state index is 12.5. The Labute approximate surface area is 135 Å². The molecule has 3 nitrogen and oxygen atoms in total. The smallest absolute Gasteiger partial charge is 0.342 e. The van der Waals surface area contributed by atoms with E-state index in [1.807, 2.05) is 6.92 Å². The zero-order chi connectivity index (χ0) is 16.2. The summed E-state index contributed by atoms with van der Waals surface area (Å²) in [6, 6.07) is 4.85. The lowest BCUT2D eigenvalue weighted by Gasteiger charge is -2.26. The number of alkyl halides is 3. The van der Waals surface area contributed by atoms with Crippen molar-refractivity contribution in [2.45, 2.75) is 32.5 Å². The first-order valence-corrected chi connectivity index (χ1v) is 6.79. The van der Waals surface area contributed by atoms with Crippen molar-refractivity contribution in [2.24, 2.45) is 11.7 Å². The van der Waals surface area contributed by atoms with Crippen molar-refractivity contribution >= 4 is 18.3 Å². The zero-order valence-corrected chi connectivity index (χ0v) is 13.7. The minimum atomic E-state index is -4.34. The molecule has 2 unspecified atom stereocenters. The molecule has 7 heteroatoms. The molecule has 0 radical (unpaired) electrons. The van der Waals surface area contributed by atoms with Gasteiger partial charge in [0.25, 0.3) is 0 Å². The van der Waals surface area contributed by atoms with E-state index < -0.39 is 11.7 Å². The SMILES string of the molecule is CC(Cc1ccc(C(F)(F)F)cc1)C(=O)N(C)C(C)CN.Cl. The fourth-order valence-electron chi connectivity index (χ4n) is 1.99. The van der Waals surface area contributed by atoms with Crippen molar-refractivity contribution < 1.29 is 18.0 Å². The molecule has 0 aliphatic carbocycles. The van der Waals surface area contributed by atoms with Crippen LogP contribution in [0.2, 0.25) is 0 Å². The molecular weight excluding hydrogens is 317 g/mol. The number of halogens is 4. The summed E-state index contributed by atoms with van der Waals surface area (Å²) < 4.78 is 37.4. The van der Waals surface area contributed by atoms with Crippen molar-refractivity contribution in [2.75, 3.05) is 13.6 Å². The highest BCUT2D eigenvalue weighted by Gasteiger charge is 2.30. The van der Waals surface area contributed by atoms with E-state index in [-0.39, 0.29) is 30.3 Å². The summed E-state index contributed by atoms with van der Waals surface area (Å²) in [5.41, 5.74) is 5.55. The van der Waals surface area contributed by atoms with Gasteiger partial charge in [-0.05, 0) is 31.0 Å². The van der Waals surface area contributed by atoms with E-state index in [0.29, 0.717) is 18.5 Å². The lowest BCUT2D eigenvalue weighted by Crippen LogP contribution is -2.42. The summed E-state index contributed by atoms with van der Waals surface area (Å²) in [5.74, 6) is -0.367.